The zero-order chi connectivity index (χ0) is 72.0. The Hall–Kier alpha value is -8.95. The molecule has 0 bridgehead atoms. The smallest absolute Gasteiger partial charge is 0.407 e. The molecule has 0 spiro atoms. The van der Waals surface area contributed by atoms with Gasteiger partial charge in [-0.05, 0) is 71.8 Å². The van der Waals surface area contributed by atoms with Gasteiger partial charge < -0.3 is 39.1 Å². The Morgan fingerprint density at radius 1 is 0.456 bits per heavy atom. The fraction of sp³-hybridized carbons (Fsp3) is 0.705. The topological polar surface area (TPSA) is 435 Å². The molecule has 0 unspecified atom stereocenters. The molecule has 0 aliphatic carbocycles. The number of ether oxygens (including phenoxy) is 6. The van der Waals surface area contributed by atoms with Crippen molar-refractivity contribution in [1.82, 2.24) is 10.6 Å². The standard InChI is InChI=1S/C11H22O2.C10H18O2.C10H16O2.C9H17N3O2.C8H15NO2.C7H15NO2.6CO2/c1-5-6-7-8-9-10(12)13-11(2,3)4;2*1-3-5-6-7-8-10(11)12-9-4-2;1-2-3-4-5-6-9(13)14-8-7-11-12-10;1-3-5-6-9-8(10)11-7-4-2;1-3-5-6-8-7(9)10-4-2;6*2-1-3/h5-9H2,1-4H3;4H,2-3,5-9H2,1H3;2H,3,5-9H2,1H3;2-8H2,1H3;4H,2-3,5-7H2,1H3,(H,9,10);3-6H2,1-2H3,(H,8,9);;;;;;. The molecule has 2 amide bonds. The van der Waals surface area contributed by atoms with Crippen molar-refractivity contribution in [2.75, 3.05) is 52.7 Å². The Morgan fingerprint density at radius 3 is 1.04 bits per heavy atom. The molecule has 0 radical (unpaired) electrons. The van der Waals surface area contributed by atoms with Crippen molar-refractivity contribution in [3.63, 3.8) is 0 Å². The number of nitrogens with one attached hydrogen (secondary N) is 2. The summed E-state index contributed by atoms with van der Waals surface area (Å²) in [6, 6.07) is 0. The summed E-state index contributed by atoms with van der Waals surface area (Å²) in [5.41, 5.74) is 7.62. The van der Waals surface area contributed by atoms with E-state index in [1.807, 2.05) is 20.8 Å². The molecular weight excluding hydrogens is 1190 g/mol. The number of esters is 4. The van der Waals surface area contributed by atoms with Crippen LogP contribution in [-0.4, -0.2) is 131 Å². The van der Waals surface area contributed by atoms with Crippen molar-refractivity contribution in [3.05, 3.63) is 35.8 Å². The van der Waals surface area contributed by atoms with Gasteiger partial charge in [0.1, 0.15) is 18.8 Å². The maximum absolute atomic E-state index is 11.2. The number of rotatable bonds is 35. The van der Waals surface area contributed by atoms with Gasteiger partial charge >= 0.3 is 73.0 Å². The van der Waals surface area contributed by atoms with E-state index in [0.29, 0.717) is 45.4 Å². The van der Waals surface area contributed by atoms with Crippen molar-refractivity contribution < 1.29 is 115 Å². The van der Waals surface area contributed by atoms with Crippen LogP contribution in [-0.2, 0) is 105 Å². The summed E-state index contributed by atoms with van der Waals surface area (Å²) in [4.78, 5) is 165. The van der Waals surface area contributed by atoms with E-state index < -0.39 is 0 Å². The zero-order valence-electron chi connectivity index (χ0n) is 54.9. The molecule has 2 N–H and O–H groups in total. The molecule has 0 fully saturated rings. The van der Waals surface area contributed by atoms with E-state index in [4.69, 9.17) is 88.4 Å². The van der Waals surface area contributed by atoms with Crippen LogP contribution in [0.3, 0.4) is 0 Å². The molecule has 90 heavy (non-hydrogen) atoms. The first-order valence-corrected chi connectivity index (χ1v) is 29.1. The van der Waals surface area contributed by atoms with Crippen LogP contribution in [0.4, 0.5) is 9.59 Å². The molecule has 0 aromatic carbocycles. The van der Waals surface area contributed by atoms with Crippen molar-refractivity contribution in [1.29, 1.82) is 0 Å². The van der Waals surface area contributed by atoms with E-state index in [1.54, 1.807) is 19.1 Å². The van der Waals surface area contributed by atoms with Crippen molar-refractivity contribution >= 4 is 73.0 Å². The lowest BCUT2D eigenvalue weighted by molar-refractivity contribution is -0.193. The van der Waals surface area contributed by atoms with Gasteiger partial charge in [0.05, 0.1) is 19.8 Å². The lowest BCUT2D eigenvalue weighted by Gasteiger charge is -2.19. The Balaban J connectivity index is -0.0000000769. The summed E-state index contributed by atoms with van der Waals surface area (Å²) in [5.74, 6) is 1.71. The van der Waals surface area contributed by atoms with E-state index >= 15 is 0 Å². The third-order valence-corrected chi connectivity index (χ3v) is 8.76. The van der Waals surface area contributed by atoms with Gasteiger partial charge in [-0.25, -0.2) is 9.59 Å². The van der Waals surface area contributed by atoms with Crippen LogP contribution >= 0.6 is 0 Å². The average Bonchev–Trinajstić information content (AvgIpc) is 3.56. The van der Waals surface area contributed by atoms with Gasteiger partial charge in [-0.3, -0.25) is 19.2 Å². The van der Waals surface area contributed by atoms with Crippen molar-refractivity contribution in [3.8, 4) is 12.3 Å². The Labute approximate surface area is 531 Å². The summed E-state index contributed by atoms with van der Waals surface area (Å²) in [7, 11) is 0. The van der Waals surface area contributed by atoms with Gasteiger partial charge in [-0.2, -0.15) is 57.5 Å². The number of carbonyl (C=O) groups is 6. The SMILES string of the molecule is C#CCOC(=O)CCCCCC.C=CCOC(=O)CCCCCC.C=CCOC(=O)NCCCC.CCCCCCC(=O)OC(C)(C)C.CCCCCCC(=O)OCCN=[N+]=[N-].CCCCNC(=O)OCC.O=C=O.O=C=O.O=C=O.O=C=O.O=C=O.O=C=O. The first kappa shape index (κ1) is 109. The number of nitrogens with zero attached hydrogens (tertiary/aromatic N) is 3. The minimum absolute atomic E-state index is 0.0661. The summed E-state index contributed by atoms with van der Waals surface area (Å²) in [5, 5.41) is 8.49. The molecule has 516 valence electrons. The highest BCUT2D eigenvalue weighted by Crippen LogP contribution is 2.11. The quantitative estimate of drug-likeness (QED) is 0.00870. The number of hydrogen-bond donors (Lipinski definition) is 2. The molecule has 0 aromatic heterocycles. The van der Waals surface area contributed by atoms with Gasteiger partial charge in [-0.15, -0.1) is 6.42 Å². The minimum atomic E-state index is -0.363. The third kappa shape index (κ3) is 185. The van der Waals surface area contributed by atoms with Crippen LogP contribution in [0.25, 0.3) is 10.4 Å². The molecule has 0 saturated heterocycles. The number of carbonyl (C=O) groups excluding carboxylic acids is 18. The van der Waals surface area contributed by atoms with Gasteiger partial charge in [0.25, 0.3) is 0 Å². The Bertz CT molecular complexity index is 1850. The van der Waals surface area contributed by atoms with E-state index in [2.05, 4.69) is 90.8 Å². The maximum Gasteiger partial charge on any atom is 0.407 e. The molecule has 0 atom stereocenters. The number of amides is 2. The van der Waals surface area contributed by atoms with Crippen LogP contribution in [0, 0.1) is 12.3 Å². The highest BCUT2D eigenvalue weighted by molar-refractivity contribution is 5.70. The predicted octanol–water partition coefficient (Wildman–Crippen LogP) is 10.7. The number of alkyl carbamates (subject to hydrolysis) is 2. The second-order valence-corrected chi connectivity index (χ2v) is 17.5. The first-order chi connectivity index (χ1) is 43.0. The second-order valence-electron chi connectivity index (χ2n) is 17.5. The maximum atomic E-state index is 11.2. The number of terminal acetylenes is 1. The summed E-state index contributed by atoms with van der Waals surface area (Å²) in [6.45, 7) is 30.1. The highest BCUT2D eigenvalue weighted by Gasteiger charge is 2.15. The molecule has 0 heterocycles. The highest BCUT2D eigenvalue weighted by atomic mass is 16.6. The first-order valence-electron chi connectivity index (χ1n) is 29.1. The van der Waals surface area contributed by atoms with Crippen LogP contribution in [0.1, 0.15) is 223 Å². The third-order valence-electron chi connectivity index (χ3n) is 8.76. The average molecular weight is 1290 g/mol. The molecule has 0 aliphatic heterocycles. The van der Waals surface area contributed by atoms with Crippen molar-refractivity contribution in [2.45, 2.75) is 229 Å². The predicted molar refractivity (Wildman–Crippen MR) is 321 cm³/mol. The summed E-state index contributed by atoms with van der Waals surface area (Å²) >= 11 is 0. The van der Waals surface area contributed by atoms with E-state index in [9.17, 15) is 28.8 Å². The zero-order valence-corrected chi connectivity index (χ0v) is 54.9. The molecule has 0 aromatic rings. The van der Waals surface area contributed by atoms with Crippen LogP contribution in [0.2, 0.25) is 0 Å². The van der Waals surface area contributed by atoms with E-state index in [1.165, 1.54) is 38.5 Å². The number of azide groups is 1. The fourth-order valence-corrected chi connectivity index (χ4v) is 5.01. The normalized spacial score (nSPS) is 8.14. The lowest BCUT2D eigenvalue weighted by Crippen LogP contribution is -2.25. The fourth-order valence-electron chi connectivity index (χ4n) is 5.01. The Morgan fingerprint density at radius 2 is 0.756 bits per heavy atom. The van der Waals surface area contributed by atoms with Gasteiger partial charge in [0.2, 0.25) is 0 Å². The summed E-state index contributed by atoms with van der Waals surface area (Å²) in [6.07, 6.45) is 32.8. The van der Waals surface area contributed by atoms with Crippen LogP contribution < -0.4 is 10.6 Å². The lowest BCUT2D eigenvalue weighted by atomic mass is 10.1. The molecule has 0 aliphatic rings. The molecule has 29 heteroatoms. The van der Waals surface area contributed by atoms with Gasteiger partial charge in [0, 0.05) is 43.7 Å². The number of hydrogen-bond acceptors (Lipinski definition) is 25. The second kappa shape index (κ2) is 115. The number of unbranched alkanes of at least 4 members (excludes halogenated alkanes) is 14. The molecule has 29 nitrogen and oxygen atoms in total. The van der Waals surface area contributed by atoms with Crippen LogP contribution in [0.5, 0.6) is 0 Å². The molecule has 0 saturated carbocycles. The minimum Gasteiger partial charge on any atom is -0.466 e. The summed E-state index contributed by atoms with van der Waals surface area (Å²) < 4.78 is 28.8. The molecular formula is C61H103N5O24. The van der Waals surface area contributed by atoms with Crippen LogP contribution in [0.15, 0.2) is 30.4 Å². The van der Waals surface area contributed by atoms with Gasteiger partial charge in [-0.1, -0.05) is 168 Å². The Kier molecular flexibility index (Phi) is 139. The van der Waals surface area contributed by atoms with E-state index in [0.717, 1.165) is 96.4 Å². The monoisotopic (exact) mass is 1290 g/mol. The van der Waals surface area contributed by atoms with E-state index in [-0.39, 0.29) is 105 Å². The van der Waals surface area contributed by atoms with Gasteiger partial charge in [0.15, 0.2) is 6.61 Å². The van der Waals surface area contributed by atoms with Crippen molar-refractivity contribution in [2.24, 2.45) is 5.11 Å². The largest absolute Gasteiger partial charge is 0.466 e. The molecule has 0 rings (SSSR count).